The van der Waals surface area contributed by atoms with Gasteiger partial charge in [0, 0.05) is 49.3 Å². The zero-order chi connectivity index (χ0) is 25.8. The molecule has 0 saturated carbocycles. The largest absolute Gasteiger partial charge is 0.481 e. The molecule has 3 aromatic carbocycles. The maximum absolute atomic E-state index is 13.2. The van der Waals surface area contributed by atoms with Gasteiger partial charge in [0.25, 0.3) is 0 Å². The zero-order valence-corrected chi connectivity index (χ0v) is 22.0. The van der Waals surface area contributed by atoms with Crippen molar-refractivity contribution in [3.05, 3.63) is 93.5 Å². The number of carbonyl (C=O) groups is 2. The highest BCUT2D eigenvalue weighted by atomic mass is 79.9. The van der Waals surface area contributed by atoms with Gasteiger partial charge < -0.3 is 15.7 Å². The molecular formula is C29H29BrN4O3. The van der Waals surface area contributed by atoms with Gasteiger partial charge in [0.05, 0.1) is 11.4 Å². The second kappa shape index (κ2) is 11.4. The minimum atomic E-state index is -0.838. The lowest BCUT2D eigenvalue weighted by Gasteiger charge is -2.27. The lowest BCUT2D eigenvalue weighted by molar-refractivity contribution is -0.137. The Labute approximate surface area is 224 Å². The van der Waals surface area contributed by atoms with Crippen LogP contribution in [0.2, 0.25) is 0 Å². The number of nitrogens with one attached hydrogen (secondary N) is 2. The molecule has 0 aromatic heterocycles. The van der Waals surface area contributed by atoms with Crippen LogP contribution in [0.5, 0.6) is 0 Å². The molecule has 1 fully saturated rings. The summed E-state index contributed by atoms with van der Waals surface area (Å²) in [7, 11) is 0. The van der Waals surface area contributed by atoms with Crippen molar-refractivity contribution in [2.24, 2.45) is 4.99 Å². The molecule has 2 heterocycles. The highest BCUT2D eigenvalue weighted by molar-refractivity contribution is 9.10. The van der Waals surface area contributed by atoms with Crippen LogP contribution in [0.1, 0.15) is 34.6 Å². The number of aryl methyl sites for hydroxylation is 1. The number of amides is 1. The summed E-state index contributed by atoms with van der Waals surface area (Å²) < 4.78 is 0.890. The number of halogens is 1. The number of fused-ring (bicyclic) bond motifs is 1. The van der Waals surface area contributed by atoms with Crippen molar-refractivity contribution < 1.29 is 14.7 Å². The van der Waals surface area contributed by atoms with Crippen molar-refractivity contribution in [1.29, 1.82) is 0 Å². The first kappa shape index (κ1) is 25.3. The number of hydrogen-bond donors (Lipinski definition) is 3. The van der Waals surface area contributed by atoms with Gasteiger partial charge in [-0.3, -0.25) is 19.5 Å². The first-order valence-corrected chi connectivity index (χ1v) is 13.3. The molecule has 7 nitrogen and oxygen atoms in total. The number of piperazine rings is 1. The van der Waals surface area contributed by atoms with Crippen molar-refractivity contribution in [2.45, 2.75) is 25.3 Å². The van der Waals surface area contributed by atoms with Gasteiger partial charge in [0.15, 0.2) is 0 Å². The molecule has 1 amide bonds. The molecule has 0 spiro atoms. The Kier molecular flexibility index (Phi) is 7.79. The van der Waals surface area contributed by atoms with Crippen LogP contribution in [-0.2, 0) is 22.6 Å². The Morgan fingerprint density at radius 3 is 2.57 bits per heavy atom. The smallest absolute Gasteiger partial charge is 0.303 e. The van der Waals surface area contributed by atoms with Crippen LogP contribution in [0.4, 0.5) is 11.4 Å². The SMILES string of the molecule is O=C(O)CCc1cccc(C(=Nc2ccc(CN3CCNCC3)cc2)C2C(=O)Nc3cc(Br)ccc32)c1. The molecule has 1 saturated heterocycles. The Bertz CT molecular complexity index is 1330. The molecule has 37 heavy (non-hydrogen) atoms. The van der Waals surface area contributed by atoms with Crippen molar-refractivity contribution >= 4 is 44.9 Å². The number of nitrogens with zero attached hydrogens (tertiary/aromatic N) is 2. The van der Waals surface area contributed by atoms with Gasteiger partial charge in [0.1, 0.15) is 5.92 Å². The third-order valence-electron chi connectivity index (χ3n) is 6.77. The van der Waals surface area contributed by atoms with E-state index in [4.69, 9.17) is 10.1 Å². The van der Waals surface area contributed by atoms with E-state index in [-0.39, 0.29) is 12.3 Å². The topological polar surface area (TPSA) is 94.0 Å². The number of aliphatic imine (C=N–C) groups is 1. The van der Waals surface area contributed by atoms with Crippen LogP contribution >= 0.6 is 15.9 Å². The van der Waals surface area contributed by atoms with Crippen molar-refractivity contribution in [1.82, 2.24) is 10.2 Å². The fourth-order valence-corrected chi connectivity index (χ4v) is 5.24. The van der Waals surface area contributed by atoms with Gasteiger partial charge in [0.2, 0.25) is 5.91 Å². The zero-order valence-electron chi connectivity index (χ0n) is 20.4. The minimum absolute atomic E-state index is 0.0469. The van der Waals surface area contributed by atoms with Gasteiger partial charge in [-0.15, -0.1) is 0 Å². The summed E-state index contributed by atoms with van der Waals surface area (Å²) in [4.78, 5) is 31.8. The number of carbonyl (C=O) groups excluding carboxylic acids is 1. The highest BCUT2D eigenvalue weighted by Gasteiger charge is 2.35. The van der Waals surface area contributed by atoms with Crippen LogP contribution in [0.15, 0.2) is 76.2 Å². The Morgan fingerprint density at radius 2 is 1.81 bits per heavy atom. The summed E-state index contributed by atoms with van der Waals surface area (Å²) in [6.45, 7) is 5.00. The lowest BCUT2D eigenvalue weighted by Crippen LogP contribution is -2.42. The predicted octanol–water partition coefficient (Wildman–Crippen LogP) is 4.73. The summed E-state index contributed by atoms with van der Waals surface area (Å²) in [6, 6.07) is 21.7. The molecule has 8 heteroatoms. The summed E-state index contributed by atoms with van der Waals surface area (Å²) in [5.41, 5.74) is 5.99. The van der Waals surface area contributed by atoms with Gasteiger partial charge in [-0.1, -0.05) is 52.3 Å². The predicted molar refractivity (Wildman–Crippen MR) is 149 cm³/mol. The first-order chi connectivity index (χ1) is 18.0. The quantitative estimate of drug-likeness (QED) is 0.346. The molecule has 190 valence electrons. The Hall–Kier alpha value is -3.33. The molecule has 1 unspecified atom stereocenters. The maximum Gasteiger partial charge on any atom is 0.303 e. The summed E-state index contributed by atoms with van der Waals surface area (Å²) in [5.74, 6) is -1.54. The fourth-order valence-electron chi connectivity index (χ4n) is 4.88. The van der Waals surface area contributed by atoms with E-state index in [1.807, 2.05) is 54.6 Å². The van der Waals surface area contributed by atoms with Crippen LogP contribution in [-0.4, -0.2) is 53.8 Å². The van der Waals surface area contributed by atoms with E-state index in [1.54, 1.807) is 0 Å². The molecule has 2 aliphatic heterocycles. The number of benzene rings is 3. The van der Waals surface area contributed by atoms with E-state index in [0.29, 0.717) is 12.1 Å². The molecule has 2 aliphatic rings. The van der Waals surface area contributed by atoms with E-state index in [2.05, 4.69) is 43.6 Å². The first-order valence-electron chi connectivity index (χ1n) is 12.5. The second-order valence-corrected chi connectivity index (χ2v) is 10.4. The van der Waals surface area contributed by atoms with Crippen LogP contribution in [0.25, 0.3) is 0 Å². The standard InChI is InChI=1S/C29H29BrN4O3/c30-22-7-10-24-25(17-22)33-29(37)27(24)28(21-3-1-2-19(16-21)6-11-26(35)36)32-23-8-4-20(5-9-23)18-34-14-12-31-13-15-34/h1-5,7-10,16-17,27,31H,6,11-15,18H2,(H,33,37)(H,35,36). The number of aliphatic carboxylic acids is 1. The van der Waals surface area contributed by atoms with E-state index < -0.39 is 11.9 Å². The van der Waals surface area contributed by atoms with Crippen LogP contribution in [0.3, 0.4) is 0 Å². The number of anilines is 1. The van der Waals surface area contributed by atoms with Gasteiger partial charge in [-0.25, -0.2) is 0 Å². The maximum atomic E-state index is 13.2. The van der Waals surface area contributed by atoms with Crippen molar-refractivity contribution in [3.63, 3.8) is 0 Å². The molecule has 0 aliphatic carbocycles. The van der Waals surface area contributed by atoms with Gasteiger partial charge in [-0.05, 0) is 59.0 Å². The lowest BCUT2D eigenvalue weighted by atomic mass is 9.89. The molecule has 3 aromatic rings. The molecule has 3 N–H and O–H groups in total. The highest BCUT2D eigenvalue weighted by Crippen LogP contribution is 2.38. The van der Waals surface area contributed by atoms with Gasteiger partial charge in [-0.2, -0.15) is 0 Å². The van der Waals surface area contributed by atoms with E-state index in [9.17, 15) is 9.59 Å². The average Bonchev–Trinajstić information content (AvgIpc) is 3.22. The summed E-state index contributed by atoms with van der Waals surface area (Å²) in [6.07, 6.45) is 0.461. The Balaban J connectivity index is 1.50. The molecular weight excluding hydrogens is 532 g/mol. The van der Waals surface area contributed by atoms with E-state index >= 15 is 0 Å². The van der Waals surface area contributed by atoms with E-state index in [1.165, 1.54) is 5.56 Å². The van der Waals surface area contributed by atoms with Crippen molar-refractivity contribution in [3.8, 4) is 0 Å². The summed E-state index contributed by atoms with van der Waals surface area (Å²) in [5, 5.41) is 15.5. The Morgan fingerprint density at radius 1 is 1.03 bits per heavy atom. The number of hydrogen-bond acceptors (Lipinski definition) is 5. The van der Waals surface area contributed by atoms with Crippen LogP contribution in [0, 0.1) is 0 Å². The molecule has 1 atom stereocenters. The molecule has 0 radical (unpaired) electrons. The van der Waals surface area contributed by atoms with Gasteiger partial charge >= 0.3 is 5.97 Å². The fraction of sp³-hybridized carbons (Fsp3) is 0.276. The van der Waals surface area contributed by atoms with E-state index in [0.717, 1.165) is 65.3 Å². The number of carboxylic acid groups (broad SMARTS) is 1. The summed E-state index contributed by atoms with van der Waals surface area (Å²) >= 11 is 3.48. The number of carboxylic acids is 1. The molecule has 0 bridgehead atoms. The second-order valence-electron chi connectivity index (χ2n) is 9.44. The van der Waals surface area contributed by atoms with Crippen molar-refractivity contribution in [2.75, 3.05) is 31.5 Å². The normalized spacial score (nSPS) is 17.9. The molecule has 5 rings (SSSR count). The third-order valence-corrected chi connectivity index (χ3v) is 7.27. The minimum Gasteiger partial charge on any atom is -0.481 e. The monoisotopic (exact) mass is 560 g/mol. The number of rotatable bonds is 8. The van der Waals surface area contributed by atoms with Crippen LogP contribution < -0.4 is 10.6 Å². The average molecular weight is 561 g/mol. The third kappa shape index (κ3) is 6.15.